The summed E-state index contributed by atoms with van der Waals surface area (Å²) in [6, 6.07) is 2.81. The van der Waals surface area contributed by atoms with E-state index in [0.717, 1.165) is 5.92 Å². The number of nitrogens with two attached hydrogens (primary N) is 1. The summed E-state index contributed by atoms with van der Waals surface area (Å²) in [7, 11) is 0. The summed E-state index contributed by atoms with van der Waals surface area (Å²) < 4.78 is 0. The maximum atomic E-state index is 5.88. The Morgan fingerprint density at radius 3 is 2.54 bits per heavy atom. The van der Waals surface area contributed by atoms with Gasteiger partial charge >= 0.3 is 0 Å². The number of hydrogen-bond donors (Lipinski definition) is 1. The lowest BCUT2D eigenvalue weighted by molar-refractivity contribution is 0.396. The Hall–Kier alpha value is -0.340. The molecule has 1 aliphatic carbocycles. The molecular weight excluding hydrogens is 178 g/mol. The summed E-state index contributed by atoms with van der Waals surface area (Å²) in [5, 5.41) is 2.32. The summed E-state index contributed by atoms with van der Waals surface area (Å²) >= 11 is 1.87. The molecule has 72 valence electrons. The van der Waals surface area contributed by atoms with Crippen LogP contribution in [0.1, 0.15) is 42.0 Å². The van der Waals surface area contributed by atoms with Crippen LogP contribution >= 0.6 is 11.3 Å². The molecule has 0 atom stereocenters. The molecule has 0 unspecified atom stereocenters. The van der Waals surface area contributed by atoms with Crippen LogP contribution in [-0.2, 0) is 0 Å². The minimum absolute atomic E-state index is 0.469. The van der Waals surface area contributed by atoms with E-state index in [4.69, 9.17) is 5.73 Å². The van der Waals surface area contributed by atoms with Gasteiger partial charge < -0.3 is 5.73 Å². The van der Waals surface area contributed by atoms with Gasteiger partial charge in [-0.3, -0.25) is 0 Å². The maximum Gasteiger partial charge on any atom is 0.00392 e. The molecule has 2 heteroatoms. The van der Waals surface area contributed by atoms with Crippen molar-refractivity contribution in [2.24, 2.45) is 5.73 Å². The third-order valence-corrected chi connectivity index (χ3v) is 3.87. The lowest BCUT2D eigenvalue weighted by Crippen LogP contribution is -2.25. The molecule has 1 fully saturated rings. The topological polar surface area (TPSA) is 26.0 Å². The molecule has 1 aromatic heterocycles. The van der Waals surface area contributed by atoms with E-state index in [1.54, 1.807) is 5.56 Å². The fourth-order valence-corrected chi connectivity index (χ4v) is 2.92. The second-order valence-electron chi connectivity index (χ2n) is 4.10. The van der Waals surface area contributed by atoms with Gasteiger partial charge in [0, 0.05) is 10.9 Å². The van der Waals surface area contributed by atoms with Gasteiger partial charge in [-0.2, -0.15) is 0 Å². The summed E-state index contributed by atoms with van der Waals surface area (Å²) in [5.41, 5.74) is 7.43. The molecule has 1 aliphatic rings. The monoisotopic (exact) mass is 195 g/mol. The quantitative estimate of drug-likeness (QED) is 0.732. The predicted molar refractivity (Wildman–Crippen MR) is 58.2 cm³/mol. The molecule has 0 bridgehead atoms. The highest BCUT2D eigenvalue weighted by Gasteiger charge is 2.20. The van der Waals surface area contributed by atoms with Gasteiger partial charge in [0.05, 0.1) is 0 Å². The van der Waals surface area contributed by atoms with Crippen molar-refractivity contribution in [3.63, 3.8) is 0 Å². The smallest absolute Gasteiger partial charge is 0.00392 e. The van der Waals surface area contributed by atoms with Gasteiger partial charge in [0.1, 0.15) is 0 Å². The third kappa shape index (κ3) is 2.12. The molecule has 1 aromatic rings. The Labute approximate surface area is 84.0 Å². The average molecular weight is 195 g/mol. The van der Waals surface area contributed by atoms with Crippen LogP contribution in [0.4, 0.5) is 0 Å². The Balaban J connectivity index is 2.02. The van der Waals surface area contributed by atoms with Crippen LogP contribution < -0.4 is 5.73 Å². The fraction of sp³-hybridized carbons (Fsp3) is 0.636. The van der Waals surface area contributed by atoms with Crippen molar-refractivity contribution in [1.29, 1.82) is 0 Å². The molecule has 0 radical (unpaired) electrons. The molecule has 2 rings (SSSR count). The molecule has 13 heavy (non-hydrogen) atoms. The third-order valence-electron chi connectivity index (χ3n) is 2.99. The minimum atomic E-state index is 0.469. The van der Waals surface area contributed by atoms with Crippen molar-refractivity contribution in [3.8, 4) is 0 Å². The van der Waals surface area contributed by atoms with Crippen molar-refractivity contribution in [2.75, 3.05) is 0 Å². The molecule has 1 heterocycles. The largest absolute Gasteiger partial charge is 0.328 e. The SMILES string of the molecule is Cc1cc(C2CCC(N)CC2)cs1. The highest BCUT2D eigenvalue weighted by Crippen LogP contribution is 2.34. The number of thiophene rings is 1. The molecule has 0 aromatic carbocycles. The number of rotatable bonds is 1. The van der Waals surface area contributed by atoms with Gasteiger partial charge in [-0.05, 0) is 55.5 Å². The van der Waals surface area contributed by atoms with E-state index >= 15 is 0 Å². The van der Waals surface area contributed by atoms with Gasteiger partial charge in [-0.25, -0.2) is 0 Å². The molecule has 0 amide bonds. The number of hydrogen-bond acceptors (Lipinski definition) is 2. The first-order valence-corrected chi connectivity index (χ1v) is 5.94. The Bertz CT molecular complexity index is 271. The van der Waals surface area contributed by atoms with Crippen molar-refractivity contribution < 1.29 is 0 Å². The van der Waals surface area contributed by atoms with E-state index in [2.05, 4.69) is 18.4 Å². The van der Waals surface area contributed by atoms with Gasteiger partial charge in [-0.15, -0.1) is 11.3 Å². The Morgan fingerprint density at radius 2 is 2.00 bits per heavy atom. The number of aryl methyl sites for hydroxylation is 1. The van der Waals surface area contributed by atoms with E-state index in [9.17, 15) is 0 Å². The second-order valence-corrected chi connectivity index (χ2v) is 5.22. The summed E-state index contributed by atoms with van der Waals surface area (Å²) in [6.07, 6.45) is 4.99. The zero-order chi connectivity index (χ0) is 9.26. The zero-order valence-electron chi connectivity index (χ0n) is 8.12. The van der Waals surface area contributed by atoms with Crippen molar-refractivity contribution in [2.45, 2.75) is 44.6 Å². The summed E-state index contributed by atoms with van der Waals surface area (Å²) in [6.45, 7) is 2.18. The molecule has 1 nitrogen and oxygen atoms in total. The lowest BCUT2D eigenvalue weighted by Gasteiger charge is -2.25. The van der Waals surface area contributed by atoms with E-state index in [1.807, 2.05) is 11.3 Å². The van der Waals surface area contributed by atoms with Gasteiger partial charge in [-0.1, -0.05) is 0 Å². The maximum absolute atomic E-state index is 5.88. The van der Waals surface area contributed by atoms with E-state index in [-0.39, 0.29) is 0 Å². The van der Waals surface area contributed by atoms with E-state index in [0.29, 0.717) is 6.04 Å². The molecule has 0 spiro atoms. The second kappa shape index (κ2) is 3.81. The van der Waals surface area contributed by atoms with Crippen LogP contribution in [0.25, 0.3) is 0 Å². The van der Waals surface area contributed by atoms with E-state index < -0.39 is 0 Å². The predicted octanol–water partition coefficient (Wildman–Crippen LogP) is 3.04. The van der Waals surface area contributed by atoms with Crippen LogP contribution in [0.3, 0.4) is 0 Å². The average Bonchev–Trinajstić information content (AvgIpc) is 2.53. The molecule has 2 N–H and O–H groups in total. The summed E-state index contributed by atoms with van der Waals surface area (Å²) in [4.78, 5) is 1.44. The lowest BCUT2D eigenvalue weighted by atomic mass is 9.83. The van der Waals surface area contributed by atoms with E-state index in [1.165, 1.54) is 30.6 Å². The van der Waals surface area contributed by atoms with Crippen LogP contribution in [0.5, 0.6) is 0 Å². The van der Waals surface area contributed by atoms with Gasteiger partial charge in [0.25, 0.3) is 0 Å². The molecular formula is C11H17NS. The Morgan fingerprint density at radius 1 is 1.31 bits per heavy atom. The molecule has 1 saturated carbocycles. The van der Waals surface area contributed by atoms with Crippen molar-refractivity contribution >= 4 is 11.3 Å². The first-order chi connectivity index (χ1) is 6.25. The van der Waals surface area contributed by atoms with Crippen LogP contribution in [0.15, 0.2) is 11.4 Å². The van der Waals surface area contributed by atoms with Gasteiger partial charge in [0.2, 0.25) is 0 Å². The highest BCUT2D eigenvalue weighted by molar-refractivity contribution is 7.10. The summed E-state index contributed by atoms with van der Waals surface area (Å²) in [5.74, 6) is 0.796. The first-order valence-electron chi connectivity index (χ1n) is 5.06. The molecule has 0 saturated heterocycles. The first kappa shape index (κ1) is 9.22. The zero-order valence-corrected chi connectivity index (χ0v) is 8.94. The van der Waals surface area contributed by atoms with Gasteiger partial charge in [0.15, 0.2) is 0 Å². The molecule has 0 aliphatic heterocycles. The van der Waals surface area contributed by atoms with Crippen molar-refractivity contribution in [3.05, 3.63) is 21.9 Å². The van der Waals surface area contributed by atoms with Crippen LogP contribution in [-0.4, -0.2) is 6.04 Å². The Kier molecular flexibility index (Phi) is 2.70. The van der Waals surface area contributed by atoms with Crippen LogP contribution in [0, 0.1) is 6.92 Å². The van der Waals surface area contributed by atoms with Crippen LogP contribution in [0.2, 0.25) is 0 Å². The normalized spacial score (nSPS) is 29.1. The minimum Gasteiger partial charge on any atom is -0.328 e. The standard InChI is InChI=1S/C11H17NS/c1-8-6-10(7-13-8)9-2-4-11(12)5-3-9/h6-7,9,11H,2-5,12H2,1H3. The fourth-order valence-electron chi connectivity index (χ4n) is 2.13. The van der Waals surface area contributed by atoms with Crippen molar-refractivity contribution in [1.82, 2.24) is 0 Å². The highest BCUT2D eigenvalue weighted by atomic mass is 32.1.